The van der Waals surface area contributed by atoms with Crippen molar-refractivity contribution in [2.45, 2.75) is 13.8 Å². The van der Waals surface area contributed by atoms with E-state index in [-0.39, 0.29) is 11.1 Å². The average molecular weight is 340 g/mol. The molecule has 1 N–H and O–H groups in total. The maximum Gasteiger partial charge on any atom is 0.256 e. The van der Waals surface area contributed by atoms with E-state index < -0.39 is 0 Å². The van der Waals surface area contributed by atoms with E-state index in [2.05, 4.69) is 26.2 Å². The van der Waals surface area contributed by atoms with Crippen LogP contribution >= 0.6 is 27.5 Å². The normalized spacial score (nSPS) is 10.3. The fourth-order valence-corrected chi connectivity index (χ4v) is 2.18. The van der Waals surface area contributed by atoms with Gasteiger partial charge in [-0.25, -0.2) is 4.98 Å². The van der Waals surface area contributed by atoms with Crippen molar-refractivity contribution < 1.29 is 4.79 Å². The standard InChI is InChI=1S/C14H12BrClN2O/c1-8-5-12(13(16)17-7-8)18-14(19)11-6-10(15)4-3-9(11)2/h3-7H,1-2H3,(H,18,19). The molecular formula is C14H12BrClN2O. The Balaban J connectivity index is 2.30. The number of benzene rings is 1. The highest BCUT2D eigenvalue weighted by Crippen LogP contribution is 2.22. The lowest BCUT2D eigenvalue weighted by atomic mass is 10.1. The Kier molecular flexibility index (Phi) is 4.22. The van der Waals surface area contributed by atoms with Crippen molar-refractivity contribution in [2.24, 2.45) is 0 Å². The van der Waals surface area contributed by atoms with Crippen LogP contribution in [0.1, 0.15) is 21.5 Å². The number of rotatable bonds is 2. The summed E-state index contributed by atoms with van der Waals surface area (Å²) in [6.07, 6.45) is 1.66. The number of nitrogens with one attached hydrogen (secondary N) is 1. The van der Waals surface area contributed by atoms with Gasteiger partial charge in [0.1, 0.15) is 0 Å². The van der Waals surface area contributed by atoms with Gasteiger partial charge in [0.15, 0.2) is 5.15 Å². The molecule has 1 aromatic heterocycles. The second-order valence-electron chi connectivity index (χ2n) is 4.26. The van der Waals surface area contributed by atoms with Gasteiger partial charge in [-0.15, -0.1) is 0 Å². The quantitative estimate of drug-likeness (QED) is 0.826. The van der Waals surface area contributed by atoms with E-state index in [1.54, 1.807) is 18.3 Å². The number of aromatic nitrogens is 1. The monoisotopic (exact) mass is 338 g/mol. The summed E-state index contributed by atoms with van der Waals surface area (Å²) in [6, 6.07) is 7.35. The van der Waals surface area contributed by atoms with Crippen molar-refractivity contribution in [2.75, 3.05) is 5.32 Å². The molecule has 2 aromatic rings. The molecule has 0 atom stereocenters. The highest BCUT2D eigenvalue weighted by Gasteiger charge is 2.12. The van der Waals surface area contributed by atoms with Crippen molar-refractivity contribution >= 4 is 39.1 Å². The third kappa shape index (κ3) is 3.33. The molecule has 1 aromatic carbocycles. The molecule has 3 nitrogen and oxygen atoms in total. The predicted octanol–water partition coefficient (Wildman–Crippen LogP) is 4.37. The summed E-state index contributed by atoms with van der Waals surface area (Å²) in [5.74, 6) is -0.201. The van der Waals surface area contributed by atoms with E-state index >= 15 is 0 Å². The molecule has 98 valence electrons. The minimum atomic E-state index is -0.201. The molecule has 0 bridgehead atoms. The van der Waals surface area contributed by atoms with Crippen LogP contribution in [0.15, 0.2) is 34.9 Å². The van der Waals surface area contributed by atoms with Crippen molar-refractivity contribution in [3.8, 4) is 0 Å². The zero-order valence-electron chi connectivity index (χ0n) is 10.5. The first kappa shape index (κ1) is 14.0. The van der Waals surface area contributed by atoms with E-state index in [0.717, 1.165) is 15.6 Å². The van der Waals surface area contributed by atoms with Crippen molar-refractivity contribution in [1.82, 2.24) is 4.98 Å². The molecule has 0 unspecified atom stereocenters. The number of amides is 1. The largest absolute Gasteiger partial charge is 0.319 e. The Hall–Kier alpha value is -1.39. The topological polar surface area (TPSA) is 42.0 Å². The zero-order valence-corrected chi connectivity index (χ0v) is 12.8. The van der Waals surface area contributed by atoms with E-state index in [4.69, 9.17) is 11.6 Å². The Morgan fingerprint density at radius 1 is 1.32 bits per heavy atom. The highest BCUT2D eigenvalue weighted by atomic mass is 79.9. The minimum Gasteiger partial charge on any atom is -0.319 e. The number of aryl methyl sites for hydroxylation is 2. The van der Waals surface area contributed by atoms with Gasteiger partial charge in [-0.1, -0.05) is 33.6 Å². The van der Waals surface area contributed by atoms with Crippen LogP contribution in [0.2, 0.25) is 5.15 Å². The summed E-state index contributed by atoms with van der Waals surface area (Å²) < 4.78 is 0.858. The summed E-state index contributed by atoms with van der Waals surface area (Å²) >= 11 is 9.32. The number of pyridine rings is 1. The summed E-state index contributed by atoms with van der Waals surface area (Å²) in [4.78, 5) is 16.2. The van der Waals surface area contributed by atoms with Crippen molar-refractivity contribution in [1.29, 1.82) is 0 Å². The maximum absolute atomic E-state index is 12.2. The Labute approximate surface area is 125 Å². The minimum absolute atomic E-state index is 0.201. The zero-order chi connectivity index (χ0) is 14.0. The summed E-state index contributed by atoms with van der Waals surface area (Å²) in [7, 11) is 0. The molecular weight excluding hydrogens is 328 g/mol. The van der Waals surface area contributed by atoms with Crippen LogP contribution in [-0.2, 0) is 0 Å². The molecule has 0 fully saturated rings. The number of nitrogens with zero attached hydrogens (tertiary/aromatic N) is 1. The van der Waals surface area contributed by atoms with Gasteiger partial charge in [0.2, 0.25) is 0 Å². The Morgan fingerprint density at radius 2 is 2.05 bits per heavy atom. The molecule has 1 heterocycles. The molecule has 19 heavy (non-hydrogen) atoms. The van der Waals surface area contributed by atoms with E-state index in [1.165, 1.54) is 0 Å². The van der Waals surface area contributed by atoms with Crippen LogP contribution in [0.4, 0.5) is 5.69 Å². The molecule has 0 aliphatic carbocycles. The van der Waals surface area contributed by atoms with Gasteiger partial charge >= 0.3 is 0 Å². The highest BCUT2D eigenvalue weighted by molar-refractivity contribution is 9.10. The van der Waals surface area contributed by atoms with E-state index in [9.17, 15) is 4.79 Å². The summed E-state index contributed by atoms with van der Waals surface area (Å²) in [5.41, 5.74) is 2.96. The SMILES string of the molecule is Cc1cnc(Cl)c(NC(=O)c2cc(Br)ccc2C)c1. The Morgan fingerprint density at radius 3 is 2.79 bits per heavy atom. The lowest BCUT2D eigenvalue weighted by Gasteiger charge is -2.09. The third-order valence-electron chi connectivity index (χ3n) is 2.67. The van der Waals surface area contributed by atoms with Crippen LogP contribution in [0.3, 0.4) is 0 Å². The molecule has 0 saturated carbocycles. The van der Waals surface area contributed by atoms with Gasteiger partial charge in [-0.2, -0.15) is 0 Å². The number of carbonyl (C=O) groups is 1. The van der Waals surface area contributed by atoms with Crippen LogP contribution in [0, 0.1) is 13.8 Å². The van der Waals surface area contributed by atoms with Crippen LogP contribution in [0.5, 0.6) is 0 Å². The smallest absolute Gasteiger partial charge is 0.256 e. The number of halogens is 2. The fraction of sp³-hybridized carbons (Fsp3) is 0.143. The van der Waals surface area contributed by atoms with Gasteiger partial charge in [-0.05, 0) is 43.2 Å². The molecule has 2 rings (SSSR count). The summed E-state index contributed by atoms with van der Waals surface area (Å²) in [6.45, 7) is 3.78. The molecule has 1 amide bonds. The number of hydrogen-bond acceptors (Lipinski definition) is 2. The van der Waals surface area contributed by atoms with Gasteiger partial charge < -0.3 is 5.32 Å². The molecule has 5 heteroatoms. The van der Waals surface area contributed by atoms with Crippen LogP contribution in [-0.4, -0.2) is 10.9 Å². The first-order chi connectivity index (χ1) is 8.97. The van der Waals surface area contributed by atoms with Crippen molar-refractivity contribution in [3.05, 3.63) is 56.8 Å². The molecule has 0 aliphatic rings. The van der Waals surface area contributed by atoms with Crippen molar-refractivity contribution in [3.63, 3.8) is 0 Å². The van der Waals surface area contributed by atoms with Gasteiger partial charge in [0, 0.05) is 16.2 Å². The lowest BCUT2D eigenvalue weighted by molar-refractivity contribution is 0.102. The van der Waals surface area contributed by atoms with Gasteiger partial charge in [0.05, 0.1) is 5.69 Å². The van der Waals surface area contributed by atoms with Gasteiger partial charge in [-0.3, -0.25) is 4.79 Å². The number of hydrogen-bond donors (Lipinski definition) is 1. The van der Waals surface area contributed by atoms with E-state index in [0.29, 0.717) is 11.3 Å². The number of carbonyl (C=O) groups excluding carboxylic acids is 1. The predicted molar refractivity (Wildman–Crippen MR) is 80.8 cm³/mol. The van der Waals surface area contributed by atoms with E-state index in [1.807, 2.05) is 26.0 Å². The second-order valence-corrected chi connectivity index (χ2v) is 5.54. The third-order valence-corrected chi connectivity index (χ3v) is 3.46. The molecule has 0 spiro atoms. The average Bonchev–Trinajstić information content (AvgIpc) is 2.36. The maximum atomic E-state index is 12.2. The first-order valence-electron chi connectivity index (χ1n) is 5.67. The first-order valence-corrected chi connectivity index (χ1v) is 6.84. The lowest BCUT2D eigenvalue weighted by Crippen LogP contribution is -2.14. The second kappa shape index (κ2) is 5.72. The molecule has 0 saturated heterocycles. The molecule has 0 radical (unpaired) electrons. The van der Waals surface area contributed by atoms with Crippen LogP contribution in [0.25, 0.3) is 0 Å². The summed E-state index contributed by atoms with van der Waals surface area (Å²) in [5, 5.41) is 3.07. The molecule has 0 aliphatic heterocycles. The number of anilines is 1. The van der Waals surface area contributed by atoms with Gasteiger partial charge in [0.25, 0.3) is 5.91 Å². The Bertz CT molecular complexity index is 643. The fourth-order valence-electron chi connectivity index (χ4n) is 1.67. The van der Waals surface area contributed by atoms with Crippen LogP contribution < -0.4 is 5.32 Å².